The minimum atomic E-state index is -0.905. The van der Waals surface area contributed by atoms with Gasteiger partial charge in [0, 0.05) is 38.3 Å². The Balaban J connectivity index is 1.69. The van der Waals surface area contributed by atoms with Crippen LogP contribution in [0.5, 0.6) is 0 Å². The van der Waals surface area contributed by atoms with E-state index in [1.54, 1.807) is 0 Å². The van der Waals surface area contributed by atoms with E-state index >= 15 is 0 Å². The lowest BCUT2D eigenvalue weighted by Gasteiger charge is -2.35. The number of carbonyl (C=O) groups is 1. The van der Waals surface area contributed by atoms with Crippen molar-refractivity contribution in [3.05, 3.63) is 51.4 Å². The van der Waals surface area contributed by atoms with Gasteiger partial charge in [0.05, 0.1) is 18.4 Å². The second kappa shape index (κ2) is 9.53. The second-order valence-corrected chi connectivity index (χ2v) is 7.67. The van der Waals surface area contributed by atoms with Gasteiger partial charge in [0.2, 0.25) is 5.91 Å². The normalized spacial score (nSPS) is 15.8. The maximum atomic E-state index is 14.0. The van der Waals surface area contributed by atoms with Gasteiger partial charge in [-0.3, -0.25) is 14.5 Å². The Labute approximate surface area is 178 Å². The highest BCUT2D eigenvalue weighted by Crippen LogP contribution is 2.23. The molecular formula is C20H24ClF2N5O2. The van der Waals surface area contributed by atoms with Crippen molar-refractivity contribution in [2.45, 2.75) is 26.3 Å². The summed E-state index contributed by atoms with van der Waals surface area (Å²) in [5.41, 5.74) is -0.411. The third kappa shape index (κ3) is 4.96. The first-order valence-corrected chi connectivity index (χ1v) is 10.2. The lowest BCUT2D eigenvalue weighted by molar-refractivity contribution is -0.122. The van der Waals surface area contributed by atoms with Crippen LogP contribution in [0.25, 0.3) is 5.69 Å². The average molecular weight is 440 g/mol. The maximum absolute atomic E-state index is 14.0. The van der Waals surface area contributed by atoms with Crippen LogP contribution in [0.1, 0.15) is 20.3 Å². The number of amides is 1. The molecule has 1 atom stereocenters. The summed E-state index contributed by atoms with van der Waals surface area (Å²) in [6.45, 7) is 6.67. The molecule has 1 aromatic carbocycles. The van der Waals surface area contributed by atoms with Crippen molar-refractivity contribution in [1.29, 1.82) is 0 Å². The van der Waals surface area contributed by atoms with Gasteiger partial charge in [-0.25, -0.2) is 8.78 Å². The summed E-state index contributed by atoms with van der Waals surface area (Å²) in [5.74, 6) is -1.66. The van der Waals surface area contributed by atoms with E-state index in [0.717, 1.165) is 23.2 Å². The first-order valence-electron chi connectivity index (χ1n) is 9.80. The van der Waals surface area contributed by atoms with Crippen molar-refractivity contribution in [1.82, 2.24) is 20.0 Å². The quantitative estimate of drug-likeness (QED) is 0.747. The van der Waals surface area contributed by atoms with E-state index in [1.165, 1.54) is 6.20 Å². The summed E-state index contributed by atoms with van der Waals surface area (Å²) >= 11 is 6.27. The topological polar surface area (TPSA) is 70.5 Å². The highest BCUT2D eigenvalue weighted by molar-refractivity contribution is 6.33. The van der Waals surface area contributed by atoms with Gasteiger partial charge in [-0.2, -0.15) is 9.78 Å². The van der Waals surface area contributed by atoms with Crippen LogP contribution in [0, 0.1) is 11.6 Å². The van der Waals surface area contributed by atoms with Gasteiger partial charge in [-0.1, -0.05) is 18.5 Å². The SMILES string of the molecule is CCC(C)NC(=O)CN1CCN(c2cnn(-c3ccc(F)cc3F)c(=O)c2Cl)CC1. The van der Waals surface area contributed by atoms with Crippen LogP contribution in [0.2, 0.25) is 5.02 Å². The zero-order valence-electron chi connectivity index (χ0n) is 16.9. The third-order valence-corrected chi connectivity index (χ3v) is 5.49. The molecule has 162 valence electrons. The van der Waals surface area contributed by atoms with Crippen molar-refractivity contribution in [3.8, 4) is 5.69 Å². The third-order valence-electron chi connectivity index (χ3n) is 5.14. The standard InChI is InChI=1S/C20H24ClF2N5O2/c1-3-13(2)25-18(29)12-26-6-8-27(9-7-26)17-11-24-28(20(30)19(17)21)16-5-4-14(22)10-15(16)23/h4-5,10-11,13H,3,6-9,12H2,1-2H3,(H,25,29). The van der Waals surface area contributed by atoms with Crippen LogP contribution in [-0.2, 0) is 4.79 Å². The molecule has 1 unspecified atom stereocenters. The number of anilines is 1. The molecule has 0 aliphatic carbocycles. The van der Waals surface area contributed by atoms with Gasteiger partial charge in [-0.15, -0.1) is 0 Å². The fourth-order valence-electron chi connectivity index (χ4n) is 3.24. The van der Waals surface area contributed by atoms with Gasteiger partial charge >= 0.3 is 0 Å². The van der Waals surface area contributed by atoms with E-state index in [-0.39, 0.29) is 22.7 Å². The number of nitrogens with one attached hydrogen (secondary N) is 1. The molecular weight excluding hydrogens is 416 g/mol. The number of hydrogen-bond donors (Lipinski definition) is 1. The van der Waals surface area contributed by atoms with Crippen molar-refractivity contribution in [2.24, 2.45) is 0 Å². The summed E-state index contributed by atoms with van der Waals surface area (Å²) in [5, 5.41) is 6.88. The summed E-state index contributed by atoms with van der Waals surface area (Å²) in [6, 6.07) is 3.01. The predicted octanol–water partition coefficient (Wildman–Crippen LogP) is 2.20. The zero-order chi connectivity index (χ0) is 21.8. The van der Waals surface area contributed by atoms with E-state index in [1.807, 2.05) is 23.6 Å². The number of hydrogen-bond acceptors (Lipinski definition) is 5. The first-order chi connectivity index (χ1) is 14.3. The average Bonchev–Trinajstić information content (AvgIpc) is 2.71. The van der Waals surface area contributed by atoms with E-state index in [4.69, 9.17) is 11.6 Å². The highest BCUT2D eigenvalue weighted by Gasteiger charge is 2.23. The lowest BCUT2D eigenvalue weighted by atomic mass is 10.2. The van der Waals surface area contributed by atoms with Gasteiger partial charge in [0.15, 0.2) is 5.82 Å². The summed E-state index contributed by atoms with van der Waals surface area (Å²) < 4.78 is 28.0. The number of halogens is 3. The minimum Gasteiger partial charge on any atom is -0.366 e. The molecule has 30 heavy (non-hydrogen) atoms. The Bertz CT molecular complexity index is 976. The molecule has 3 rings (SSSR count). The highest BCUT2D eigenvalue weighted by atomic mass is 35.5. The van der Waals surface area contributed by atoms with Crippen LogP contribution in [0.4, 0.5) is 14.5 Å². The molecule has 0 bridgehead atoms. The number of rotatable bonds is 6. The van der Waals surface area contributed by atoms with Crippen LogP contribution in [0.3, 0.4) is 0 Å². The summed E-state index contributed by atoms with van der Waals surface area (Å²) in [7, 11) is 0. The molecule has 1 fully saturated rings. The van der Waals surface area contributed by atoms with Crippen LogP contribution in [0.15, 0.2) is 29.2 Å². The molecule has 1 aromatic heterocycles. The number of carbonyl (C=O) groups excluding carboxylic acids is 1. The van der Waals surface area contributed by atoms with E-state index in [0.29, 0.717) is 44.5 Å². The Morgan fingerprint density at radius 2 is 1.93 bits per heavy atom. The van der Waals surface area contributed by atoms with Crippen molar-refractivity contribution >= 4 is 23.2 Å². The van der Waals surface area contributed by atoms with Gasteiger partial charge in [0.25, 0.3) is 5.56 Å². The molecule has 0 spiro atoms. The Kier molecular flexibility index (Phi) is 7.04. The van der Waals surface area contributed by atoms with Crippen LogP contribution in [-0.4, -0.2) is 59.4 Å². The van der Waals surface area contributed by atoms with Gasteiger partial charge in [0.1, 0.15) is 16.5 Å². The number of nitrogens with zero attached hydrogens (tertiary/aromatic N) is 4. The molecule has 0 saturated carbocycles. The van der Waals surface area contributed by atoms with Gasteiger partial charge < -0.3 is 10.2 Å². The van der Waals surface area contributed by atoms with Crippen LogP contribution < -0.4 is 15.8 Å². The molecule has 0 radical (unpaired) electrons. The molecule has 1 aliphatic rings. The van der Waals surface area contributed by atoms with E-state index in [9.17, 15) is 18.4 Å². The predicted molar refractivity (Wildman–Crippen MR) is 111 cm³/mol. The molecule has 1 N–H and O–H groups in total. The largest absolute Gasteiger partial charge is 0.366 e. The fourth-order valence-corrected chi connectivity index (χ4v) is 3.49. The second-order valence-electron chi connectivity index (χ2n) is 7.30. The van der Waals surface area contributed by atoms with Crippen molar-refractivity contribution < 1.29 is 13.6 Å². The summed E-state index contributed by atoms with van der Waals surface area (Å²) in [4.78, 5) is 28.6. The van der Waals surface area contributed by atoms with Crippen molar-refractivity contribution in [2.75, 3.05) is 37.6 Å². The smallest absolute Gasteiger partial charge is 0.292 e. The minimum absolute atomic E-state index is 0.0126. The van der Waals surface area contributed by atoms with Gasteiger partial charge in [-0.05, 0) is 25.5 Å². The Hall–Kier alpha value is -2.52. The molecule has 1 saturated heterocycles. The molecule has 2 aromatic rings. The molecule has 1 aliphatic heterocycles. The molecule has 1 amide bonds. The monoisotopic (exact) mass is 439 g/mol. The molecule has 7 nitrogen and oxygen atoms in total. The number of benzene rings is 1. The van der Waals surface area contributed by atoms with E-state index in [2.05, 4.69) is 10.4 Å². The van der Waals surface area contributed by atoms with Crippen molar-refractivity contribution in [3.63, 3.8) is 0 Å². The zero-order valence-corrected chi connectivity index (χ0v) is 17.6. The van der Waals surface area contributed by atoms with E-state index < -0.39 is 17.2 Å². The van der Waals surface area contributed by atoms with Crippen LogP contribution >= 0.6 is 11.6 Å². The number of piperazine rings is 1. The first kappa shape index (κ1) is 22.2. The number of aromatic nitrogens is 2. The molecule has 10 heteroatoms. The fraction of sp³-hybridized carbons (Fsp3) is 0.450. The molecule has 2 heterocycles. The summed E-state index contributed by atoms with van der Waals surface area (Å²) in [6.07, 6.45) is 2.27. The maximum Gasteiger partial charge on any atom is 0.292 e. The lowest BCUT2D eigenvalue weighted by Crippen LogP contribution is -2.50. The Morgan fingerprint density at radius 1 is 1.23 bits per heavy atom. The Morgan fingerprint density at radius 3 is 2.57 bits per heavy atom.